The highest BCUT2D eigenvalue weighted by atomic mass is 16.5. The Morgan fingerprint density at radius 2 is 2.36 bits per heavy atom. The van der Waals surface area contributed by atoms with Crippen molar-refractivity contribution in [2.75, 3.05) is 6.61 Å². The van der Waals surface area contributed by atoms with Gasteiger partial charge < -0.3 is 4.74 Å². The molecule has 0 aliphatic heterocycles. The Balaban J connectivity index is 2.66. The largest absolute Gasteiger partial charge is 0.465 e. The second-order valence-electron chi connectivity index (χ2n) is 3.37. The maximum absolute atomic E-state index is 11.2. The first kappa shape index (κ1) is 10.8. The number of nitrogens with zero attached hydrogens (tertiary/aromatic N) is 2. The molecule has 4 nitrogen and oxygen atoms in total. The average Bonchev–Trinajstić information content (AvgIpc) is 2.52. The van der Waals surface area contributed by atoms with Crippen LogP contribution in [0.3, 0.4) is 0 Å². The molecule has 1 heterocycles. The number of hydrogen-bond acceptors (Lipinski definition) is 3. The number of esters is 1. The minimum atomic E-state index is -0.238. The molecule has 0 atom stereocenters. The molecular formula is C10H16N2O2. The van der Waals surface area contributed by atoms with Crippen LogP contribution in [0, 0.1) is 0 Å². The summed E-state index contributed by atoms with van der Waals surface area (Å²) < 4.78 is 6.53. The molecule has 0 spiro atoms. The quantitative estimate of drug-likeness (QED) is 0.686. The predicted octanol–water partition coefficient (Wildman–Crippen LogP) is 1.57. The standard InChI is InChI=1S/C10H16N2O2/c1-4-14-10(13)7-12-9(8(2)3)5-6-11-12/h5-6,8H,4,7H2,1-3H3. The van der Waals surface area contributed by atoms with Crippen molar-refractivity contribution in [1.29, 1.82) is 0 Å². The van der Waals surface area contributed by atoms with Gasteiger partial charge in [0.25, 0.3) is 0 Å². The molecule has 1 rings (SSSR count). The SMILES string of the molecule is CCOC(=O)Cn1nccc1C(C)C. The monoisotopic (exact) mass is 196 g/mol. The number of rotatable bonds is 4. The lowest BCUT2D eigenvalue weighted by Crippen LogP contribution is -2.16. The minimum absolute atomic E-state index is 0.203. The van der Waals surface area contributed by atoms with Gasteiger partial charge >= 0.3 is 5.97 Å². The van der Waals surface area contributed by atoms with Crippen molar-refractivity contribution in [3.05, 3.63) is 18.0 Å². The summed E-state index contributed by atoms with van der Waals surface area (Å²) in [6.07, 6.45) is 1.70. The molecule has 1 aromatic rings. The molecule has 14 heavy (non-hydrogen) atoms. The van der Waals surface area contributed by atoms with E-state index in [9.17, 15) is 4.79 Å². The van der Waals surface area contributed by atoms with Gasteiger partial charge in [0.2, 0.25) is 0 Å². The molecule has 4 heteroatoms. The highest BCUT2D eigenvalue weighted by Gasteiger charge is 2.10. The van der Waals surface area contributed by atoms with Crippen LogP contribution < -0.4 is 0 Å². The van der Waals surface area contributed by atoms with E-state index in [2.05, 4.69) is 18.9 Å². The van der Waals surface area contributed by atoms with E-state index >= 15 is 0 Å². The molecule has 0 amide bonds. The van der Waals surface area contributed by atoms with Gasteiger partial charge in [0.05, 0.1) is 6.61 Å². The van der Waals surface area contributed by atoms with E-state index in [-0.39, 0.29) is 12.5 Å². The van der Waals surface area contributed by atoms with Crippen molar-refractivity contribution in [2.45, 2.75) is 33.2 Å². The molecule has 0 saturated carbocycles. The van der Waals surface area contributed by atoms with E-state index in [0.29, 0.717) is 12.5 Å². The summed E-state index contributed by atoms with van der Waals surface area (Å²) in [5.41, 5.74) is 1.05. The van der Waals surface area contributed by atoms with E-state index in [1.165, 1.54) is 0 Å². The van der Waals surface area contributed by atoms with Gasteiger partial charge in [-0.1, -0.05) is 13.8 Å². The lowest BCUT2D eigenvalue weighted by atomic mass is 10.1. The first-order valence-electron chi connectivity index (χ1n) is 4.82. The van der Waals surface area contributed by atoms with Crippen molar-refractivity contribution in [1.82, 2.24) is 9.78 Å². The molecule has 0 bridgehead atoms. The van der Waals surface area contributed by atoms with Gasteiger partial charge in [-0.25, -0.2) is 0 Å². The second kappa shape index (κ2) is 4.79. The topological polar surface area (TPSA) is 44.1 Å². The fourth-order valence-electron chi connectivity index (χ4n) is 1.29. The fraction of sp³-hybridized carbons (Fsp3) is 0.600. The average molecular weight is 196 g/mol. The molecule has 0 unspecified atom stereocenters. The third-order valence-electron chi connectivity index (χ3n) is 1.93. The number of carbonyl (C=O) groups is 1. The summed E-state index contributed by atoms with van der Waals surface area (Å²) in [5.74, 6) is 0.130. The van der Waals surface area contributed by atoms with E-state index < -0.39 is 0 Å². The first-order valence-corrected chi connectivity index (χ1v) is 4.82. The van der Waals surface area contributed by atoms with Crippen LogP contribution in [0.1, 0.15) is 32.4 Å². The summed E-state index contributed by atoms with van der Waals surface area (Å²) in [6.45, 7) is 6.55. The van der Waals surface area contributed by atoms with Gasteiger partial charge in [-0.05, 0) is 18.9 Å². The van der Waals surface area contributed by atoms with Gasteiger partial charge in [0.15, 0.2) is 0 Å². The van der Waals surface area contributed by atoms with Gasteiger partial charge in [-0.3, -0.25) is 9.48 Å². The van der Waals surface area contributed by atoms with Crippen LogP contribution >= 0.6 is 0 Å². The Morgan fingerprint density at radius 1 is 1.64 bits per heavy atom. The fourth-order valence-corrected chi connectivity index (χ4v) is 1.29. The minimum Gasteiger partial charge on any atom is -0.465 e. The van der Waals surface area contributed by atoms with Crippen molar-refractivity contribution in [3.8, 4) is 0 Å². The smallest absolute Gasteiger partial charge is 0.327 e. The van der Waals surface area contributed by atoms with Crippen LogP contribution in [-0.2, 0) is 16.1 Å². The zero-order valence-electron chi connectivity index (χ0n) is 8.86. The van der Waals surface area contributed by atoms with Crippen LogP contribution in [0.5, 0.6) is 0 Å². The van der Waals surface area contributed by atoms with Gasteiger partial charge in [0, 0.05) is 11.9 Å². The maximum Gasteiger partial charge on any atom is 0.327 e. The Morgan fingerprint density at radius 3 is 2.93 bits per heavy atom. The Hall–Kier alpha value is -1.32. The summed E-state index contributed by atoms with van der Waals surface area (Å²) >= 11 is 0. The molecule has 0 saturated heterocycles. The van der Waals surface area contributed by atoms with Crippen LogP contribution in [0.15, 0.2) is 12.3 Å². The van der Waals surface area contributed by atoms with E-state index in [1.54, 1.807) is 17.8 Å². The molecule has 0 fully saturated rings. The third-order valence-corrected chi connectivity index (χ3v) is 1.93. The van der Waals surface area contributed by atoms with E-state index in [1.807, 2.05) is 6.07 Å². The lowest BCUT2D eigenvalue weighted by molar-refractivity contribution is -0.144. The number of carbonyl (C=O) groups excluding carboxylic acids is 1. The van der Waals surface area contributed by atoms with Gasteiger partial charge in [0.1, 0.15) is 6.54 Å². The molecule has 1 aromatic heterocycles. The Labute approximate surface area is 83.9 Å². The highest BCUT2D eigenvalue weighted by molar-refractivity contribution is 5.69. The summed E-state index contributed by atoms with van der Waals surface area (Å²) in [7, 11) is 0. The highest BCUT2D eigenvalue weighted by Crippen LogP contribution is 2.12. The second-order valence-corrected chi connectivity index (χ2v) is 3.37. The van der Waals surface area contributed by atoms with Crippen molar-refractivity contribution in [3.63, 3.8) is 0 Å². The summed E-state index contributed by atoms with van der Waals surface area (Å²) in [6, 6.07) is 1.92. The third kappa shape index (κ3) is 2.58. The normalized spacial score (nSPS) is 10.6. The van der Waals surface area contributed by atoms with E-state index in [4.69, 9.17) is 4.74 Å². The molecule has 78 valence electrons. The number of hydrogen-bond donors (Lipinski definition) is 0. The summed E-state index contributed by atoms with van der Waals surface area (Å²) in [5, 5.41) is 4.08. The lowest BCUT2D eigenvalue weighted by Gasteiger charge is -2.09. The van der Waals surface area contributed by atoms with E-state index in [0.717, 1.165) is 5.69 Å². The van der Waals surface area contributed by atoms with Crippen LogP contribution in [0.4, 0.5) is 0 Å². The number of ether oxygens (including phenoxy) is 1. The molecule has 0 aromatic carbocycles. The Bertz CT molecular complexity index is 305. The van der Waals surface area contributed by atoms with Crippen molar-refractivity contribution >= 4 is 5.97 Å². The van der Waals surface area contributed by atoms with Crippen LogP contribution in [-0.4, -0.2) is 22.4 Å². The van der Waals surface area contributed by atoms with Gasteiger partial charge in [-0.2, -0.15) is 5.10 Å². The van der Waals surface area contributed by atoms with Gasteiger partial charge in [-0.15, -0.1) is 0 Å². The predicted molar refractivity (Wildman–Crippen MR) is 52.9 cm³/mol. The first-order chi connectivity index (χ1) is 6.65. The van der Waals surface area contributed by atoms with Crippen molar-refractivity contribution in [2.24, 2.45) is 0 Å². The molecule has 0 aliphatic rings. The molecular weight excluding hydrogens is 180 g/mol. The number of aromatic nitrogens is 2. The van der Waals surface area contributed by atoms with Crippen LogP contribution in [0.25, 0.3) is 0 Å². The Kier molecular flexibility index (Phi) is 3.68. The summed E-state index contributed by atoms with van der Waals surface area (Å²) in [4.78, 5) is 11.2. The maximum atomic E-state index is 11.2. The zero-order valence-corrected chi connectivity index (χ0v) is 8.86. The molecule has 0 N–H and O–H groups in total. The van der Waals surface area contributed by atoms with Crippen LogP contribution in [0.2, 0.25) is 0 Å². The zero-order chi connectivity index (χ0) is 10.6. The van der Waals surface area contributed by atoms with Crippen molar-refractivity contribution < 1.29 is 9.53 Å². The molecule has 0 radical (unpaired) electrons. The molecule has 0 aliphatic carbocycles.